The van der Waals surface area contributed by atoms with Gasteiger partial charge in [-0.25, -0.2) is 4.79 Å². The van der Waals surface area contributed by atoms with Crippen LogP contribution in [0.1, 0.15) is 16.7 Å². The Morgan fingerprint density at radius 1 is 1.00 bits per heavy atom. The summed E-state index contributed by atoms with van der Waals surface area (Å²) in [4.78, 5) is 14.2. The molecule has 0 atom stereocenters. The maximum Gasteiger partial charge on any atom is 0.410 e. The number of nitrogens with zero attached hydrogens (tertiary/aromatic N) is 1. The third kappa shape index (κ3) is 3.80. The van der Waals surface area contributed by atoms with Crippen LogP contribution in [0.3, 0.4) is 0 Å². The molecular weight excluding hydrogens is 338 g/mol. The number of amides is 1. The monoisotopic (exact) mass is 359 g/mol. The van der Waals surface area contributed by atoms with Gasteiger partial charge in [0.25, 0.3) is 0 Å². The predicted octanol–water partition coefficient (Wildman–Crippen LogP) is 4.75. The summed E-state index contributed by atoms with van der Waals surface area (Å²) < 4.78 is 5.47. The van der Waals surface area contributed by atoms with Crippen LogP contribution < -0.4 is 0 Å². The molecule has 0 aromatic heterocycles. The van der Waals surface area contributed by atoms with Crippen molar-refractivity contribution in [2.24, 2.45) is 0 Å². The lowest BCUT2D eigenvalue weighted by Gasteiger charge is -2.29. The van der Waals surface area contributed by atoms with Crippen molar-refractivity contribution in [2.45, 2.75) is 19.6 Å². The maximum absolute atomic E-state index is 12.5. The third-order valence-electron chi connectivity index (χ3n) is 4.89. The van der Waals surface area contributed by atoms with Crippen LogP contribution in [0.15, 0.2) is 72.8 Å². The summed E-state index contributed by atoms with van der Waals surface area (Å²) in [5, 5.41) is 9.78. The van der Waals surface area contributed by atoms with Crippen LogP contribution in [0.5, 0.6) is 5.75 Å². The first-order valence-electron chi connectivity index (χ1n) is 9.06. The summed E-state index contributed by atoms with van der Waals surface area (Å²) in [6.45, 7) is 1.44. The van der Waals surface area contributed by atoms with Crippen molar-refractivity contribution in [3.63, 3.8) is 0 Å². The molecule has 0 radical (unpaired) electrons. The number of ether oxygens (including phenoxy) is 1. The first-order chi connectivity index (χ1) is 13.2. The molecule has 0 aliphatic carbocycles. The average Bonchev–Trinajstić information content (AvgIpc) is 2.72. The summed E-state index contributed by atoms with van der Waals surface area (Å²) in [6, 6.07) is 23.1. The molecule has 0 saturated heterocycles. The van der Waals surface area contributed by atoms with Gasteiger partial charge in [0.15, 0.2) is 0 Å². The fourth-order valence-corrected chi connectivity index (χ4v) is 3.52. The van der Waals surface area contributed by atoms with E-state index in [1.165, 1.54) is 5.56 Å². The molecule has 1 N–H and O–H groups in total. The Bertz CT molecular complexity index is 953. The highest BCUT2D eigenvalue weighted by molar-refractivity contribution is 5.72. The number of hydrogen-bond donors (Lipinski definition) is 1. The lowest BCUT2D eigenvalue weighted by Crippen LogP contribution is -2.36. The molecule has 4 nitrogen and oxygen atoms in total. The molecule has 136 valence electrons. The van der Waals surface area contributed by atoms with Crippen LogP contribution in [0, 0.1) is 0 Å². The topological polar surface area (TPSA) is 49.8 Å². The van der Waals surface area contributed by atoms with E-state index in [1.54, 1.807) is 17.0 Å². The van der Waals surface area contributed by atoms with Gasteiger partial charge in [-0.1, -0.05) is 60.7 Å². The summed E-state index contributed by atoms with van der Waals surface area (Å²) >= 11 is 0. The van der Waals surface area contributed by atoms with Gasteiger partial charge in [-0.05, 0) is 46.4 Å². The number of benzene rings is 3. The summed E-state index contributed by atoms with van der Waals surface area (Å²) in [7, 11) is 0. The normalized spacial score (nSPS) is 13.1. The summed E-state index contributed by atoms with van der Waals surface area (Å²) in [5.74, 6) is 0.257. The second-order valence-electron chi connectivity index (χ2n) is 6.71. The molecule has 0 saturated carbocycles. The van der Waals surface area contributed by atoms with Gasteiger partial charge in [-0.3, -0.25) is 0 Å². The molecule has 0 fully saturated rings. The van der Waals surface area contributed by atoms with Gasteiger partial charge in [0.2, 0.25) is 0 Å². The zero-order chi connectivity index (χ0) is 18.6. The van der Waals surface area contributed by atoms with Crippen LogP contribution in [-0.2, 0) is 24.3 Å². The van der Waals surface area contributed by atoms with E-state index in [1.807, 2.05) is 48.5 Å². The molecular formula is C23H21NO3. The number of fused-ring (bicyclic) bond motifs is 1. The van der Waals surface area contributed by atoms with Gasteiger partial charge in [0, 0.05) is 13.1 Å². The lowest BCUT2D eigenvalue weighted by molar-refractivity contribution is 0.0919. The smallest absolute Gasteiger partial charge is 0.410 e. The molecule has 0 spiro atoms. The molecule has 4 rings (SSSR count). The number of aromatic hydroxyl groups is 1. The Morgan fingerprint density at radius 3 is 2.63 bits per heavy atom. The maximum atomic E-state index is 12.5. The van der Waals surface area contributed by atoms with Crippen molar-refractivity contribution in [1.29, 1.82) is 0 Å². The van der Waals surface area contributed by atoms with Gasteiger partial charge < -0.3 is 14.7 Å². The minimum absolute atomic E-state index is 0.257. The molecule has 4 heteroatoms. The van der Waals surface area contributed by atoms with E-state index in [-0.39, 0.29) is 18.4 Å². The lowest BCUT2D eigenvalue weighted by atomic mass is 9.91. The third-order valence-corrected chi connectivity index (χ3v) is 4.89. The van der Waals surface area contributed by atoms with E-state index in [0.717, 1.165) is 28.7 Å². The zero-order valence-corrected chi connectivity index (χ0v) is 15.0. The largest absolute Gasteiger partial charge is 0.508 e. The minimum Gasteiger partial charge on any atom is -0.508 e. The molecule has 1 amide bonds. The second-order valence-corrected chi connectivity index (χ2v) is 6.71. The van der Waals surface area contributed by atoms with Gasteiger partial charge >= 0.3 is 6.09 Å². The van der Waals surface area contributed by atoms with E-state index >= 15 is 0 Å². The summed E-state index contributed by atoms with van der Waals surface area (Å²) in [5.41, 5.74) is 5.44. The van der Waals surface area contributed by atoms with Gasteiger partial charge in [0.1, 0.15) is 12.4 Å². The number of phenols is 1. The van der Waals surface area contributed by atoms with E-state index in [9.17, 15) is 9.90 Å². The molecule has 0 bridgehead atoms. The molecule has 1 heterocycles. The van der Waals surface area contributed by atoms with Crippen LogP contribution in [0.25, 0.3) is 11.1 Å². The Balaban J connectivity index is 1.49. The fraction of sp³-hybridized carbons (Fsp3) is 0.174. The Kier molecular flexibility index (Phi) is 4.79. The van der Waals surface area contributed by atoms with Crippen molar-refractivity contribution < 1.29 is 14.6 Å². The Morgan fingerprint density at radius 2 is 1.81 bits per heavy atom. The van der Waals surface area contributed by atoms with E-state index in [4.69, 9.17) is 4.74 Å². The first-order valence-corrected chi connectivity index (χ1v) is 9.06. The van der Waals surface area contributed by atoms with Crippen molar-refractivity contribution in [3.05, 3.63) is 89.5 Å². The molecule has 3 aromatic rings. The van der Waals surface area contributed by atoms with Crippen molar-refractivity contribution >= 4 is 6.09 Å². The van der Waals surface area contributed by atoms with Crippen LogP contribution >= 0.6 is 0 Å². The molecule has 1 aliphatic rings. The van der Waals surface area contributed by atoms with E-state index in [2.05, 4.69) is 12.1 Å². The highest BCUT2D eigenvalue weighted by Crippen LogP contribution is 2.32. The van der Waals surface area contributed by atoms with Crippen molar-refractivity contribution in [2.75, 3.05) is 6.54 Å². The highest BCUT2D eigenvalue weighted by Gasteiger charge is 2.23. The van der Waals surface area contributed by atoms with Crippen molar-refractivity contribution in [3.8, 4) is 16.9 Å². The number of carbonyl (C=O) groups excluding carboxylic acids is 1. The number of rotatable bonds is 3. The first kappa shape index (κ1) is 17.2. The van der Waals surface area contributed by atoms with Crippen LogP contribution in [-0.4, -0.2) is 22.6 Å². The van der Waals surface area contributed by atoms with E-state index < -0.39 is 0 Å². The predicted molar refractivity (Wildman–Crippen MR) is 104 cm³/mol. The number of carbonyl (C=O) groups is 1. The standard InChI is InChI=1S/C23H21NO3/c25-20-10-4-8-18(14-20)21-11-5-9-19-15-24(13-12-22(19)21)23(26)27-16-17-6-2-1-3-7-17/h1-11,14,25H,12-13,15-16H2. The summed E-state index contributed by atoms with van der Waals surface area (Å²) in [6.07, 6.45) is 0.481. The SMILES string of the molecule is O=C(OCc1ccccc1)N1CCc2c(cccc2-c2cccc(O)c2)C1. The Hall–Kier alpha value is -3.27. The van der Waals surface area contributed by atoms with Crippen LogP contribution in [0.4, 0.5) is 4.79 Å². The highest BCUT2D eigenvalue weighted by atomic mass is 16.6. The average molecular weight is 359 g/mol. The molecule has 27 heavy (non-hydrogen) atoms. The zero-order valence-electron chi connectivity index (χ0n) is 15.0. The number of phenolic OH excluding ortho intramolecular Hbond substituents is 1. The fourth-order valence-electron chi connectivity index (χ4n) is 3.52. The molecule has 0 unspecified atom stereocenters. The second kappa shape index (κ2) is 7.54. The molecule has 1 aliphatic heterocycles. The quantitative estimate of drug-likeness (QED) is 0.734. The van der Waals surface area contributed by atoms with Crippen molar-refractivity contribution in [1.82, 2.24) is 4.90 Å². The van der Waals surface area contributed by atoms with Crippen LogP contribution in [0.2, 0.25) is 0 Å². The number of hydrogen-bond acceptors (Lipinski definition) is 3. The van der Waals surface area contributed by atoms with Gasteiger partial charge in [-0.2, -0.15) is 0 Å². The Labute approximate surface area is 158 Å². The van der Waals surface area contributed by atoms with E-state index in [0.29, 0.717) is 13.1 Å². The van der Waals surface area contributed by atoms with Gasteiger partial charge in [0.05, 0.1) is 0 Å². The molecule has 3 aromatic carbocycles. The van der Waals surface area contributed by atoms with Gasteiger partial charge in [-0.15, -0.1) is 0 Å². The minimum atomic E-state index is -0.285.